The Balaban J connectivity index is 1.75. The predicted octanol–water partition coefficient (Wildman–Crippen LogP) is 4.93. The SMILES string of the molecule is Cc1cc(Nc2nc(Cl)nc(Cl)n2)ccc1N=Nc1ccc(C(=N)N)cc1. The number of nitrogen functional groups attached to an aromatic ring is 1. The van der Waals surface area contributed by atoms with Crippen molar-refractivity contribution in [3.63, 3.8) is 0 Å². The van der Waals surface area contributed by atoms with E-state index in [9.17, 15) is 0 Å². The molecule has 2 aromatic carbocycles. The molecule has 0 bridgehead atoms. The largest absolute Gasteiger partial charge is 0.384 e. The molecule has 0 unspecified atom stereocenters. The highest BCUT2D eigenvalue weighted by Gasteiger charge is 2.05. The topological polar surface area (TPSA) is 125 Å². The molecule has 0 fully saturated rings. The highest BCUT2D eigenvalue weighted by Crippen LogP contribution is 2.26. The van der Waals surface area contributed by atoms with Crippen molar-refractivity contribution in [1.29, 1.82) is 5.41 Å². The zero-order chi connectivity index (χ0) is 19.4. The first-order valence-electron chi connectivity index (χ1n) is 7.71. The highest BCUT2D eigenvalue weighted by atomic mass is 35.5. The number of halogens is 2. The van der Waals surface area contributed by atoms with Crippen LogP contribution in [0.15, 0.2) is 52.7 Å². The Bertz CT molecular complexity index is 998. The molecule has 0 aliphatic heterocycles. The van der Waals surface area contributed by atoms with E-state index >= 15 is 0 Å². The predicted molar refractivity (Wildman–Crippen MR) is 106 cm³/mol. The van der Waals surface area contributed by atoms with Gasteiger partial charge in [-0.2, -0.15) is 25.2 Å². The summed E-state index contributed by atoms with van der Waals surface area (Å²) >= 11 is 11.5. The molecule has 0 aliphatic rings. The Morgan fingerprint density at radius 2 is 1.67 bits per heavy atom. The first kappa shape index (κ1) is 18.7. The number of rotatable bonds is 5. The number of aryl methyl sites for hydroxylation is 1. The second-order valence-corrected chi connectivity index (χ2v) is 6.16. The summed E-state index contributed by atoms with van der Waals surface area (Å²) in [6.07, 6.45) is 0. The van der Waals surface area contributed by atoms with Crippen LogP contribution in [0, 0.1) is 12.3 Å². The number of amidine groups is 1. The minimum absolute atomic E-state index is 0.00966. The van der Waals surface area contributed by atoms with Crippen molar-refractivity contribution in [2.45, 2.75) is 6.92 Å². The van der Waals surface area contributed by atoms with Gasteiger partial charge < -0.3 is 11.1 Å². The number of azo groups is 1. The number of anilines is 2. The fourth-order valence-electron chi connectivity index (χ4n) is 2.18. The number of hydrogen-bond donors (Lipinski definition) is 3. The Morgan fingerprint density at radius 3 is 2.26 bits per heavy atom. The third-order valence-electron chi connectivity index (χ3n) is 3.49. The zero-order valence-corrected chi connectivity index (χ0v) is 15.6. The van der Waals surface area contributed by atoms with E-state index in [1.807, 2.05) is 25.1 Å². The van der Waals surface area contributed by atoms with E-state index in [0.29, 0.717) is 16.9 Å². The van der Waals surface area contributed by atoms with Crippen LogP contribution in [0.25, 0.3) is 0 Å². The van der Waals surface area contributed by atoms with Gasteiger partial charge in [0, 0.05) is 11.3 Å². The van der Waals surface area contributed by atoms with Crippen molar-refractivity contribution in [2.75, 3.05) is 5.32 Å². The molecule has 3 rings (SSSR count). The molecule has 0 radical (unpaired) electrons. The summed E-state index contributed by atoms with van der Waals surface area (Å²) in [5, 5.41) is 18.9. The fraction of sp³-hybridized carbons (Fsp3) is 0.0588. The molecule has 0 spiro atoms. The van der Waals surface area contributed by atoms with Crippen molar-refractivity contribution in [3.05, 3.63) is 64.2 Å². The van der Waals surface area contributed by atoms with Gasteiger partial charge in [-0.25, -0.2) is 0 Å². The standard InChI is InChI=1S/C17H14Cl2N8/c1-9-8-12(22-17-24-15(18)23-16(19)25-17)6-7-13(9)27-26-11-4-2-10(3-5-11)14(20)21/h2-8H,1H3,(H3,20,21)(H,22,23,24,25). The maximum Gasteiger partial charge on any atom is 0.232 e. The lowest BCUT2D eigenvalue weighted by Crippen LogP contribution is -2.10. The van der Waals surface area contributed by atoms with Gasteiger partial charge in [0.1, 0.15) is 5.84 Å². The minimum Gasteiger partial charge on any atom is -0.384 e. The first-order valence-corrected chi connectivity index (χ1v) is 8.47. The number of nitrogens with one attached hydrogen (secondary N) is 2. The number of benzene rings is 2. The molecule has 8 nitrogen and oxygen atoms in total. The Hall–Kier alpha value is -3.10. The van der Waals surface area contributed by atoms with Crippen molar-refractivity contribution in [3.8, 4) is 0 Å². The van der Waals surface area contributed by atoms with Crippen LogP contribution in [0.2, 0.25) is 10.6 Å². The van der Waals surface area contributed by atoms with Gasteiger partial charge in [-0.3, -0.25) is 5.41 Å². The summed E-state index contributed by atoms with van der Waals surface area (Å²) in [6.45, 7) is 1.91. The zero-order valence-electron chi connectivity index (χ0n) is 14.1. The molecule has 0 saturated carbocycles. The number of nitrogens with zero attached hydrogens (tertiary/aromatic N) is 5. The molecule has 1 aromatic heterocycles. The maximum absolute atomic E-state index is 7.39. The van der Waals surface area contributed by atoms with E-state index < -0.39 is 0 Å². The smallest absolute Gasteiger partial charge is 0.232 e. The summed E-state index contributed by atoms with van der Waals surface area (Å²) in [5.41, 5.74) is 9.09. The molecule has 0 atom stereocenters. The summed E-state index contributed by atoms with van der Waals surface area (Å²) in [6, 6.07) is 12.4. The van der Waals surface area contributed by atoms with Crippen molar-refractivity contribution < 1.29 is 0 Å². The van der Waals surface area contributed by atoms with Crippen LogP contribution in [0.5, 0.6) is 0 Å². The van der Waals surface area contributed by atoms with E-state index in [4.69, 9.17) is 34.3 Å². The van der Waals surface area contributed by atoms with Crippen LogP contribution >= 0.6 is 23.2 Å². The minimum atomic E-state index is 0.00966. The molecule has 1 heterocycles. The van der Waals surface area contributed by atoms with Crippen molar-refractivity contribution >= 4 is 52.0 Å². The van der Waals surface area contributed by atoms with E-state index in [2.05, 4.69) is 30.5 Å². The number of hydrogen-bond acceptors (Lipinski definition) is 7. The number of nitrogens with two attached hydrogens (primary N) is 1. The maximum atomic E-state index is 7.39. The van der Waals surface area contributed by atoms with E-state index in [1.54, 1.807) is 24.3 Å². The summed E-state index contributed by atoms with van der Waals surface area (Å²) in [7, 11) is 0. The van der Waals surface area contributed by atoms with E-state index in [1.165, 1.54) is 0 Å². The van der Waals surface area contributed by atoms with Gasteiger partial charge >= 0.3 is 0 Å². The van der Waals surface area contributed by atoms with E-state index in [-0.39, 0.29) is 22.4 Å². The van der Waals surface area contributed by atoms with Gasteiger partial charge in [0.25, 0.3) is 0 Å². The molecule has 0 aliphatic carbocycles. The molecular formula is C17H14Cl2N8. The second kappa shape index (κ2) is 8.07. The van der Waals surface area contributed by atoms with Gasteiger partial charge in [-0.1, -0.05) is 0 Å². The van der Waals surface area contributed by atoms with Crippen LogP contribution in [0.1, 0.15) is 11.1 Å². The van der Waals surface area contributed by atoms with Gasteiger partial charge in [0.05, 0.1) is 11.4 Å². The third-order valence-corrected chi connectivity index (χ3v) is 3.82. The normalized spacial score (nSPS) is 10.9. The second-order valence-electron chi connectivity index (χ2n) is 5.48. The molecule has 27 heavy (non-hydrogen) atoms. The summed E-state index contributed by atoms with van der Waals surface area (Å²) in [4.78, 5) is 11.6. The van der Waals surface area contributed by atoms with Crippen LogP contribution in [0.4, 0.5) is 23.0 Å². The number of aromatic nitrogens is 3. The van der Waals surface area contributed by atoms with Gasteiger partial charge in [-0.15, -0.1) is 0 Å². The lowest BCUT2D eigenvalue weighted by molar-refractivity contribution is 1.05. The van der Waals surface area contributed by atoms with Gasteiger partial charge in [0.15, 0.2) is 0 Å². The van der Waals surface area contributed by atoms with Crippen LogP contribution in [0.3, 0.4) is 0 Å². The molecule has 0 saturated heterocycles. The van der Waals surface area contributed by atoms with Crippen molar-refractivity contribution in [2.24, 2.45) is 16.0 Å². The average molecular weight is 401 g/mol. The fourth-order valence-corrected chi connectivity index (χ4v) is 2.54. The van der Waals surface area contributed by atoms with Crippen LogP contribution in [-0.2, 0) is 0 Å². The molecule has 4 N–H and O–H groups in total. The Labute approximate surface area is 165 Å². The molecule has 10 heteroatoms. The van der Waals surface area contributed by atoms with Gasteiger partial charge in [0.2, 0.25) is 16.5 Å². The van der Waals surface area contributed by atoms with Crippen molar-refractivity contribution in [1.82, 2.24) is 15.0 Å². The summed E-state index contributed by atoms with van der Waals surface area (Å²) in [5.74, 6) is 0.262. The Morgan fingerprint density at radius 1 is 1.00 bits per heavy atom. The first-order chi connectivity index (χ1) is 12.9. The third kappa shape index (κ3) is 4.96. The highest BCUT2D eigenvalue weighted by molar-refractivity contribution is 6.31. The average Bonchev–Trinajstić information content (AvgIpc) is 2.60. The van der Waals surface area contributed by atoms with Crippen LogP contribution < -0.4 is 11.1 Å². The summed E-state index contributed by atoms with van der Waals surface area (Å²) < 4.78 is 0. The van der Waals surface area contributed by atoms with Crippen LogP contribution in [-0.4, -0.2) is 20.8 Å². The monoisotopic (exact) mass is 400 g/mol. The molecule has 0 amide bonds. The molecule has 3 aromatic rings. The Kier molecular flexibility index (Phi) is 5.58. The molecular weight excluding hydrogens is 387 g/mol. The van der Waals surface area contributed by atoms with Gasteiger partial charge in [-0.05, 0) is 78.2 Å². The van der Waals surface area contributed by atoms with E-state index in [0.717, 1.165) is 11.3 Å². The lowest BCUT2D eigenvalue weighted by atomic mass is 10.2. The lowest BCUT2D eigenvalue weighted by Gasteiger charge is -2.07. The molecule has 136 valence electrons. The quantitative estimate of drug-likeness (QED) is 0.318.